The lowest BCUT2D eigenvalue weighted by Crippen LogP contribution is -2.01. The Bertz CT molecular complexity index is 842. The molecule has 106 valence electrons. The topological polar surface area (TPSA) is 61.0 Å². The van der Waals surface area contributed by atoms with Crippen molar-refractivity contribution in [1.82, 2.24) is 9.97 Å². The van der Waals surface area contributed by atoms with Gasteiger partial charge >= 0.3 is 0 Å². The van der Waals surface area contributed by atoms with E-state index in [0.717, 1.165) is 6.07 Å². The maximum atomic E-state index is 13.7. The number of hydrogen-bond donors (Lipinski definition) is 1. The zero-order valence-corrected chi connectivity index (χ0v) is 12.1. The number of anilines is 1. The maximum absolute atomic E-state index is 13.7. The molecule has 0 aliphatic carbocycles. The minimum absolute atomic E-state index is 0.00603. The Morgan fingerprint density at radius 3 is 2.43 bits per heavy atom. The molecule has 1 heterocycles. The van der Waals surface area contributed by atoms with Crippen LogP contribution in [0.1, 0.15) is 0 Å². The smallest absolute Gasteiger partial charge is 0.263 e. The summed E-state index contributed by atoms with van der Waals surface area (Å²) in [5.41, 5.74) is 6.86. The van der Waals surface area contributed by atoms with Crippen molar-refractivity contribution in [3.05, 3.63) is 52.5 Å². The average molecular weight is 352 g/mol. The summed E-state index contributed by atoms with van der Waals surface area (Å²) in [6.07, 6.45) is 0. The number of benzene rings is 2. The third-order valence-electron chi connectivity index (χ3n) is 2.73. The Hall–Kier alpha value is -2.28. The van der Waals surface area contributed by atoms with Crippen LogP contribution in [0, 0.1) is 11.6 Å². The predicted molar refractivity (Wildman–Crippen MR) is 78.1 cm³/mol. The first-order chi connectivity index (χ1) is 10.0. The van der Waals surface area contributed by atoms with Gasteiger partial charge < -0.3 is 10.5 Å². The van der Waals surface area contributed by atoms with E-state index in [9.17, 15) is 8.78 Å². The van der Waals surface area contributed by atoms with Crippen molar-refractivity contribution in [2.24, 2.45) is 0 Å². The molecule has 0 bridgehead atoms. The standard InChI is InChI=1S/C14H8BrF2N3O/c15-7-5-8(16)12(17)11(6-7)21-14-13(18)19-9-3-1-2-4-10(9)20-14/h1-6H,(H2,18,19). The van der Waals surface area contributed by atoms with Crippen molar-refractivity contribution in [3.8, 4) is 11.6 Å². The summed E-state index contributed by atoms with van der Waals surface area (Å²) in [4.78, 5) is 8.26. The minimum atomic E-state index is -1.12. The van der Waals surface area contributed by atoms with Gasteiger partial charge in [0.25, 0.3) is 5.88 Å². The van der Waals surface area contributed by atoms with Crippen LogP contribution in [0.4, 0.5) is 14.6 Å². The van der Waals surface area contributed by atoms with Crippen LogP contribution in [0.2, 0.25) is 0 Å². The Morgan fingerprint density at radius 2 is 1.71 bits per heavy atom. The van der Waals surface area contributed by atoms with E-state index in [4.69, 9.17) is 10.5 Å². The van der Waals surface area contributed by atoms with Gasteiger partial charge in [0, 0.05) is 4.47 Å². The van der Waals surface area contributed by atoms with Crippen molar-refractivity contribution < 1.29 is 13.5 Å². The number of nitrogen functional groups attached to an aromatic ring is 1. The van der Waals surface area contributed by atoms with Crippen LogP contribution < -0.4 is 10.5 Å². The SMILES string of the molecule is Nc1nc2ccccc2nc1Oc1cc(Br)cc(F)c1F. The highest BCUT2D eigenvalue weighted by Crippen LogP contribution is 2.31. The van der Waals surface area contributed by atoms with E-state index in [-0.39, 0.29) is 17.4 Å². The zero-order chi connectivity index (χ0) is 15.0. The number of rotatable bonds is 2. The van der Waals surface area contributed by atoms with Crippen LogP contribution in [0.5, 0.6) is 11.6 Å². The molecule has 3 aromatic rings. The molecule has 2 aromatic carbocycles. The highest BCUT2D eigenvalue weighted by Gasteiger charge is 2.15. The van der Waals surface area contributed by atoms with Gasteiger partial charge in [0.15, 0.2) is 17.4 Å². The summed E-state index contributed by atoms with van der Waals surface area (Å²) in [7, 11) is 0. The minimum Gasteiger partial charge on any atom is -0.433 e. The largest absolute Gasteiger partial charge is 0.433 e. The van der Waals surface area contributed by atoms with E-state index >= 15 is 0 Å². The van der Waals surface area contributed by atoms with E-state index in [1.54, 1.807) is 24.3 Å². The molecule has 0 saturated carbocycles. The first-order valence-electron chi connectivity index (χ1n) is 5.89. The molecule has 3 rings (SSSR count). The molecule has 0 atom stereocenters. The monoisotopic (exact) mass is 351 g/mol. The number of para-hydroxylation sites is 2. The van der Waals surface area contributed by atoms with E-state index in [1.807, 2.05) is 0 Å². The molecule has 2 N–H and O–H groups in total. The maximum Gasteiger partial charge on any atom is 0.263 e. The molecule has 1 aromatic heterocycles. The van der Waals surface area contributed by atoms with Crippen molar-refractivity contribution >= 4 is 32.8 Å². The normalized spacial score (nSPS) is 10.8. The van der Waals surface area contributed by atoms with Gasteiger partial charge in [-0.3, -0.25) is 0 Å². The second kappa shape index (κ2) is 5.25. The Labute approximate surface area is 126 Å². The number of aromatic nitrogens is 2. The van der Waals surface area contributed by atoms with Crippen LogP contribution in [0.3, 0.4) is 0 Å². The quantitative estimate of drug-likeness (QED) is 0.707. The number of ether oxygens (including phenoxy) is 1. The van der Waals surface area contributed by atoms with Gasteiger partial charge in [-0.25, -0.2) is 14.4 Å². The van der Waals surface area contributed by atoms with Gasteiger partial charge in [-0.05, 0) is 24.3 Å². The highest BCUT2D eigenvalue weighted by atomic mass is 79.9. The highest BCUT2D eigenvalue weighted by molar-refractivity contribution is 9.10. The predicted octanol–water partition coefficient (Wildman–Crippen LogP) is 4.05. The van der Waals surface area contributed by atoms with E-state index < -0.39 is 11.6 Å². The molecule has 0 aliphatic heterocycles. The summed E-state index contributed by atoms with van der Waals surface area (Å²) in [5.74, 6) is -2.56. The van der Waals surface area contributed by atoms with Crippen molar-refractivity contribution in [2.75, 3.05) is 5.73 Å². The molecule has 0 amide bonds. The summed E-state index contributed by atoms with van der Waals surface area (Å²) in [6.45, 7) is 0. The summed E-state index contributed by atoms with van der Waals surface area (Å²) >= 11 is 3.06. The zero-order valence-electron chi connectivity index (χ0n) is 10.5. The van der Waals surface area contributed by atoms with Crippen LogP contribution in [0.25, 0.3) is 11.0 Å². The second-order valence-corrected chi connectivity index (χ2v) is 5.12. The molecule has 0 saturated heterocycles. The molecular weight excluding hydrogens is 344 g/mol. The molecule has 0 spiro atoms. The van der Waals surface area contributed by atoms with Gasteiger partial charge in [0.1, 0.15) is 0 Å². The fraction of sp³-hybridized carbons (Fsp3) is 0. The van der Waals surface area contributed by atoms with Gasteiger partial charge in [-0.1, -0.05) is 28.1 Å². The van der Waals surface area contributed by atoms with Gasteiger partial charge in [-0.2, -0.15) is 4.39 Å². The number of hydrogen-bond acceptors (Lipinski definition) is 4. The molecule has 7 heteroatoms. The number of halogens is 3. The van der Waals surface area contributed by atoms with Crippen LogP contribution in [-0.4, -0.2) is 9.97 Å². The van der Waals surface area contributed by atoms with Crippen LogP contribution >= 0.6 is 15.9 Å². The molecule has 21 heavy (non-hydrogen) atoms. The van der Waals surface area contributed by atoms with Crippen LogP contribution in [-0.2, 0) is 0 Å². The van der Waals surface area contributed by atoms with Crippen molar-refractivity contribution in [1.29, 1.82) is 0 Å². The van der Waals surface area contributed by atoms with E-state index in [1.165, 1.54) is 6.07 Å². The Balaban J connectivity index is 2.08. The summed E-state index contributed by atoms with van der Waals surface area (Å²) in [5, 5.41) is 0. The van der Waals surface area contributed by atoms with Crippen LogP contribution in [0.15, 0.2) is 40.9 Å². The Kier molecular flexibility index (Phi) is 3.42. The fourth-order valence-electron chi connectivity index (χ4n) is 1.78. The lowest BCUT2D eigenvalue weighted by molar-refractivity contribution is 0.406. The molecule has 4 nitrogen and oxygen atoms in total. The lowest BCUT2D eigenvalue weighted by Gasteiger charge is -2.09. The average Bonchev–Trinajstić information content (AvgIpc) is 2.45. The van der Waals surface area contributed by atoms with Gasteiger partial charge in [-0.15, -0.1) is 0 Å². The molecule has 0 radical (unpaired) electrons. The first kappa shape index (κ1) is 13.7. The number of fused-ring (bicyclic) bond motifs is 1. The number of nitrogens with two attached hydrogens (primary N) is 1. The summed E-state index contributed by atoms with van der Waals surface area (Å²) in [6, 6.07) is 9.30. The van der Waals surface area contributed by atoms with E-state index in [2.05, 4.69) is 25.9 Å². The van der Waals surface area contributed by atoms with E-state index in [0.29, 0.717) is 15.5 Å². The van der Waals surface area contributed by atoms with Gasteiger partial charge in [0.05, 0.1) is 11.0 Å². The molecule has 0 fully saturated rings. The van der Waals surface area contributed by atoms with Crippen molar-refractivity contribution in [2.45, 2.75) is 0 Å². The third kappa shape index (κ3) is 2.64. The fourth-order valence-corrected chi connectivity index (χ4v) is 2.19. The number of nitrogens with zero attached hydrogens (tertiary/aromatic N) is 2. The molecular formula is C14H8BrF2N3O. The summed E-state index contributed by atoms with van der Waals surface area (Å²) < 4.78 is 32.6. The first-order valence-corrected chi connectivity index (χ1v) is 6.68. The molecule has 0 aliphatic rings. The van der Waals surface area contributed by atoms with Gasteiger partial charge in [0.2, 0.25) is 5.82 Å². The molecule has 0 unspecified atom stereocenters. The Morgan fingerprint density at radius 1 is 1.05 bits per heavy atom. The lowest BCUT2D eigenvalue weighted by atomic mass is 10.3. The third-order valence-corrected chi connectivity index (χ3v) is 3.19. The second-order valence-electron chi connectivity index (χ2n) is 4.20. The van der Waals surface area contributed by atoms with Crippen molar-refractivity contribution in [3.63, 3.8) is 0 Å².